The zero-order valence-electron chi connectivity index (χ0n) is 12.0. The van der Waals surface area contributed by atoms with Crippen molar-refractivity contribution in [3.8, 4) is 0 Å². The second-order valence-corrected chi connectivity index (χ2v) is 5.27. The summed E-state index contributed by atoms with van der Waals surface area (Å²) < 4.78 is 5.67. The molecule has 0 aromatic heterocycles. The molecule has 0 amide bonds. The molecule has 0 saturated carbocycles. The molecule has 0 unspecified atom stereocenters. The molecule has 1 atom stereocenters. The number of hydrogen-bond donors (Lipinski definition) is 1. The van der Waals surface area contributed by atoms with Crippen LogP contribution in [0.25, 0.3) is 10.4 Å². The van der Waals surface area contributed by atoms with Gasteiger partial charge in [0.05, 0.1) is 12.7 Å². The standard InChI is InChI=1S/C14H28N4O/c15-18-17-10-8-6-4-2-1-3-5-7-9-14-13-16-11-12-19-14/h14,16H,1-13H2/t14-/m0/s1. The van der Waals surface area contributed by atoms with Crippen LogP contribution in [0.1, 0.15) is 57.8 Å². The third kappa shape index (κ3) is 9.77. The van der Waals surface area contributed by atoms with E-state index in [4.69, 9.17) is 10.3 Å². The van der Waals surface area contributed by atoms with Gasteiger partial charge in [-0.25, -0.2) is 0 Å². The van der Waals surface area contributed by atoms with E-state index in [0.29, 0.717) is 12.6 Å². The van der Waals surface area contributed by atoms with Gasteiger partial charge in [0.15, 0.2) is 0 Å². The lowest BCUT2D eigenvalue weighted by molar-refractivity contribution is 0.0220. The van der Waals surface area contributed by atoms with E-state index >= 15 is 0 Å². The largest absolute Gasteiger partial charge is 0.376 e. The highest BCUT2D eigenvalue weighted by Gasteiger charge is 2.11. The molecule has 1 rings (SSSR count). The summed E-state index contributed by atoms with van der Waals surface area (Å²) in [7, 11) is 0. The maximum absolute atomic E-state index is 8.13. The summed E-state index contributed by atoms with van der Waals surface area (Å²) >= 11 is 0. The first-order chi connectivity index (χ1) is 9.43. The third-order valence-corrected chi connectivity index (χ3v) is 3.60. The van der Waals surface area contributed by atoms with Crippen LogP contribution in [-0.2, 0) is 4.74 Å². The molecule has 5 heteroatoms. The molecule has 5 nitrogen and oxygen atoms in total. The molecule has 0 aromatic carbocycles. The van der Waals surface area contributed by atoms with Crippen molar-refractivity contribution in [1.29, 1.82) is 0 Å². The van der Waals surface area contributed by atoms with Gasteiger partial charge in [-0.15, -0.1) is 0 Å². The Morgan fingerprint density at radius 1 is 1.05 bits per heavy atom. The third-order valence-electron chi connectivity index (χ3n) is 3.60. The lowest BCUT2D eigenvalue weighted by atomic mass is 10.1. The molecule has 0 spiro atoms. The second kappa shape index (κ2) is 12.3. The van der Waals surface area contributed by atoms with E-state index in [0.717, 1.165) is 26.1 Å². The zero-order valence-corrected chi connectivity index (χ0v) is 12.0. The van der Waals surface area contributed by atoms with E-state index < -0.39 is 0 Å². The van der Waals surface area contributed by atoms with E-state index in [1.807, 2.05) is 0 Å². The second-order valence-electron chi connectivity index (χ2n) is 5.27. The number of morpholine rings is 1. The average molecular weight is 268 g/mol. The van der Waals surface area contributed by atoms with Crippen LogP contribution < -0.4 is 5.32 Å². The molecule has 110 valence electrons. The van der Waals surface area contributed by atoms with Crippen molar-refractivity contribution in [2.24, 2.45) is 5.11 Å². The van der Waals surface area contributed by atoms with Crippen LogP contribution >= 0.6 is 0 Å². The van der Waals surface area contributed by atoms with E-state index in [1.54, 1.807) is 0 Å². The van der Waals surface area contributed by atoms with Crippen LogP contribution in [0, 0.1) is 0 Å². The van der Waals surface area contributed by atoms with Gasteiger partial charge in [-0.3, -0.25) is 0 Å². The highest BCUT2D eigenvalue weighted by molar-refractivity contribution is 4.66. The van der Waals surface area contributed by atoms with Gasteiger partial charge >= 0.3 is 0 Å². The summed E-state index contributed by atoms with van der Waals surface area (Å²) in [5.74, 6) is 0. The van der Waals surface area contributed by atoms with Crippen LogP contribution in [-0.4, -0.2) is 32.3 Å². The van der Waals surface area contributed by atoms with Crippen molar-refractivity contribution >= 4 is 0 Å². The van der Waals surface area contributed by atoms with Crippen molar-refractivity contribution in [3.63, 3.8) is 0 Å². The molecule has 0 radical (unpaired) electrons. The minimum absolute atomic E-state index is 0.453. The van der Waals surface area contributed by atoms with Gasteiger partial charge < -0.3 is 10.1 Å². The SMILES string of the molecule is [N-]=[N+]=NCCCCCCCCCC[C@H]1CNCCO1. The first kappa shape index (κ1) is 16.3. The summed E-state index contributed by atoms with van der Waals surface area (Å²) in [6, 6.07) is 0. The predicted octanol–water partition coefficient (Wildman–Crippen LogP) is 3.80. The van der Waals surface area contributed by atoms with Crippen LogP contribution in [0.2, 0.25) is 0 Å². The zero-order chi connectivity index (χ0) is 13.6. The van der Waals surface area contributed by atoms with Gasteiger partial charge in [0.2, 0.25) is 0 Å². The summed E-state index contributed by atoms with van der Waals surface area (Å²) in [6.07, 6.45) is 11.8. The highest BCUT2D eigenvalue weighted by Crippen LogP contribution is 2.12. The summed E-state index contributed by atoms with van der Waals surface area (Å²) in [4.78, 5) is 2.75. The van der Waals surface area contributed by atoms with E-state index in [1.165, 1.54) is 51.4 Å². The molecule has 1 fully saturated rings. The van der Waals surface area contributed by atoms with Crippen molar-refractivity contribution in [2.45, 2.75) is 63.9 Å². The number of hydrogen-bond acceptors (Lipinski definition) is 3. The predicted molar refractivity (Wildman–Crippen MR) is 78.2 cm³/mol. The highest BCUT2D eigenvalue weighted by atomic mass is 16.5. The van der Waals surface area contributed by atoms with Gasteiger partial charge in [-0.1, -0.05) is 50.1 Å². The Bertz CT molecular complexity index is 248. The monoisotopic (exact) mass is 268 g/mol. The number of unbranched alkanes of at least 4 members (excludes halogenated alkanes) is 7. The van der Waals surface area contributed by atoms with Gasteiger partial charge in [0.1, 0.15) is 0 Å². The topological polar surface area (TPSA) is 70.0 Å². The van der Waals surface area contributed by atoms with Crippen molar-refractivity contribution in [2.75, 3.05) is 26.2 Å². The molecule has 0 bridgehead atoms. The number of azide groups is 1. The molecule has 1 saturated heterocycles. The smallest absolute Gasteiger partial charge is 0.0700 e. The van der Waals surface area contributed by atoms with Gasteiger partial charge in [-0.2, -0.15) is 0 Å². The molecular formula is C14H28N4O. The van der Waals surface area contributed by atoms with Crippen molar-refractivity contribution < 1.29 is 4.74 Å². The van der Waals surface area contributed by atoms with Crippen LogP contribution in [0.15, 0.2) is 5.11 Å². The van der Waals surface area contributed by atoms with Crippen LogP contribution in [0.5, 0.6) is 0 Å². The Kier molecular flexibility index (Phi) is 10.5. The first-order valence-corrected chi connectivity index (χ1v) is 7.76. The number of ether oxygens (including phenoxy) is 1. The molecule has 19 heavy (non-hydrogen) atoms. The normalized spacial score (nSPS) is 19.1. The Morgan fingerprint density at radius 3 is 2.37 bits per heavy atom. The minimum Gasteiger partial charge on any atom is -0.376 e. The number of nitrogens with one attached hydrogen (secondary N) is 1. The molecule has 1 aliphatic heterocycles. The van der Waals surface area contributed by atoms with Crippen LogP contribution in [0.4, 0.5) is 0 Å². The molecule has 0 aromatic rings. The minimum atomic E-state index is 0.453. The van der Waals surface area contributed by atoms with E-state index in [-0.39, 0.29) is 0 Å². The first-order valence-electron chi connectivity index (χ1n) is 7.76. The van der Waals surface area contributed by atoms with Gasteiger partial charge in [-0.05, 0) is 18.4 Å². The Balaban J connectivity index is 1.74. The molecule has 0 aliphatic carbocycles. The fourth-order valence-corrected chi connectivity index (χ4v) is 2.47. The van der Waals surface area contributed by atoms with E-state index in [9.17, 15) is 0 Å². The quantitative estimate of drug-likeness (QED) is 0.268. The number of nitrogens with zero attached hydrogens (tertiary/aromatic N) is 3. The maximum Gasteiger partial charge on any atom is 0.0700 e. The summed E-state index contributed by atoms with van der Waals surface area (Å²) in [5, 5.41) is 6.91. The Morgan fingerprint density at radius 2 is 1.74 bits per heavy atom. The van der Waals surface area contributed by atoms with Gasteiger partial charge in [0.25, 0.3) is 0 Å². The van der Waals surface area contributed by atoms with Crippen molar-refractivity contribution in [1.82, 2.24) is 5.32 Å². The summed E-state index contributed by atoms with van der Waals surface area (Å²) in [5.41, 5.74) is 8.13. The maximum atomic E-state index is 8.13. The fraction of sp³-hybridized carbons (Fsp3) is 1.00. The lowest BCUT2D eigenvalue weighted by Crippen LogP contribution is -2.38. The molecule has 1 aliphatic rings. The average Bonchev–Trinajstić information content (AvgIpc) is 2.46. The fourth-order valence-electron chi connectivity index (χ4n) is 2.47. The Labute approximate surface area is 116 Å². The molecular weight excluding hydrogens is 240 g/mol. The summed E-state index contributed by atoms with van der Waals surface area (Å²) in [6.45, 7) is 3.58. The lowest BCUT2D eigenvalue weighted by Gasteiger charge is -2.23. The van der Waals surface area contributed by atoms with Crippen LogP contribution in [0.3, 0.4) is 0 Å². The number of rotatable bonds is 11. The Hall–Kier alpha value is -0.770. The van der Waals surface area contributed by atoms with Crippen molar-refractivity contribution in [3.05, 3.63) is 10.4 Å². The van der Waals surface area contributed by atoms with Gasteiger partial charge in [0, 0.05) is 24.5 Å². The van der Waals surface area contributed by atoms with E-state index in [2.05, 4.69) is 15.3 Å². The molecule has 1 heterocycles. The molecule has 1 N–H and O–H groups in total.